The van der Waals surface area contributed by atoms with Crippen molar-refractivity contribution in [3.05, 3.63) is 35.6 Å². The van der Waals surface area contributed by atoms with Crippen LogP contribution in [-0.2, 0) is 11.2 Å². The first kappa shape index (κ1) is 21.1. The Hall–Kier alpha value is -1.13. The molecule has 29 heavy (non-hydrogen) atoms. The number of halogens is 2. The number of hydrogen-bond donors (Lipinski definition) is 0. The molecule has 5 aliphatic rings. The number of carbonyl (C=O) groups excluding carboxylic acids is 1. The van der Waals surface area contributed by atoms with E-state index in [2.05, 4.69) is 9.80 Å². The van der Waals surface area contributed by atoms with Crippen molar-refractivity contribution in [2.45, 2.75) is 57.4 Å². The molecular formula is C24H34ClFN2O. The first-order valence-electron chi connectivity index (χ1n) is 11.3. The Morgan fingerprint density at radius 2 is 1.76 bits per heavy atom. The zero-order valence-corrected chi connectivity index (χ0v) is 18.3. The van der Waals surface area contributed by atoms with Crippen LogP contribution in [0, 0.1) is 29.0 Å². The molecule has 0 N–H and O–H groups in total. The summed E-state index contributed by atoms with van der Waals surface area (Å²) in [6.07, 6.45) is 9.36. The van der Waals surface area contributed by atoms with Gasteiger partial charge in [-0.1, -0.05) is 18.2 Å². The van der Waals surface area contributed by atoms with E-state index in [4.69, 9.17) is 0 Å². The number of likely N-dealkylation sites (tertiary alicyclic amines) is 1. The number of benzene rings is 1. The summed E-state index contributed by atoms with van der Waals surface area (Å²) in [5.41, 5.74) is 0.758. The molecule has 3 nitrogen and oxygen atoms in total. The second kappa shape index (κ2) is 8.19. The Bertz CT molecular complexity index is 719. The maximum absolute atomic E-state index is 13.9. The Balaban J connectivity index is 0.00000205. The molecule has 1 heterocycles. The molecular weight excluding hydrogens is 387 g/mol. The second-order valence-corrected chi connectivity index (χ2v) is 10.2. The number of amides is 1. The third-order valence-corrected chi connectivity index (χ3v) is 8.26. The van der Waals surface area contributed by atoms with Gasteiger partial charge in [-0.3, -0.25) is 4.79 Å². The van der Waals surface area contributed by atoms with Gasteiger partial charge in [-0.15, -0.1) is 12.4 Å². The molecule has 1 aromatic carbocycles. The predicted octanol–water partition coefficient (Wildman–Crippen LogP) is 4.54. The fourth-order valence-electron chi connectivity index (χ4n) is 7.22. The number of likely N-dealkylation sites (N-methyl/N-ethyl adjacent to an activating group) is 1. The van der Waals surface area contributed by atoms with Crippen LogP contribution in [0.4, 0.5) is 4.39 Å². The predicted molar refractivity (Wildman–Crippen MR) is 116 cm³/mol. The molecule has 5 fully saturated rings. The highest BCUT2D eigenvalue weighted by atomic mass is 35.5. The molecule has 4 aliphatic carbocycles. The van der Waals surface area contributed by atoms with Crippen molar-refractivity contribution in [1.29, 1.82) is 0 Å². The summed E-state index contributed by atoms with van der Waals surface area (Å²) in [5, 5.41) is 0. The van der Waals surface area contributed by atoms with E-state index >= 15 is 0 Å². The van der Waals surface area contributed by atoms with Crippen LogP contribution in [0.3, 0.4) is 0 Å². The molecule has 6 rings (SSSR count). The molecule has 1 aromatic rings. The highest BCUT2D eigenvalue weighted by molar-refractivity contribution is 5.85. The number of nitrogens with zero attached hydrogens (tertiary/aromatic N) is 2. The second-order valence-electron chi connectivity index (χ2n) is 10.2. The molecule has 1 aliphatic heterocycles. The molecule has 1 saturated heterocycles. The van der Waals surface area contributed by atoms with Gasteiger partial charge >= 0.3 is 0 Å². The molecule has 1 atom stereocenters. The van der Waals surface area contributed by atoms with Gasteiger partial charge < -0.3 is 9.80 Å². The third kappa shape index (κ3) is 3.95. The van der Waals surface area contributed by atoms with Crippen LogP contribution in [0.15, 0.2) is 24.3 Å². The lowest BCUT2D eigenvalue weighted by Crippen LogP contribution is -2.55. The Morgan fingerprint density at radius 1 is 1.14 bits per heavy atom. The first-order valence-corrected chi connectivity index (χ1v) is 11.3. The normalized spacial score (nSPS) is 35.5. The van der Waals surface area contributed by atoms with Crippen molar-refractivity contribution in [3.8, 4) is 0 Å². The zero-order chi connectivity index (χ0) is 19.3. The molecule has 5 heteroatoms. The van der Waals surface area contributed by atoms with Gasteiger partial charge in [0, 0.05) is 32.7 Å². The van der Waals surface area contributed by atoms with Gasteiger partial charge in [0.1, 0.15) is 5.82 Å². The van der Waals surface area contributed by atoms with Gasteiger partial charge in [-0.05, 0) is 80.8 Å². The van der Waals surface area contributed by atoms with Gasteiger partial charge in [0.25, 0.3) is 0 Å². The summed E-state index contributed by atoms with van der Waals surface area (Å²) in [5.74, 6) is 2.76. The van der Waals surface area contributed by atoms with E-state index < -0.39 is 0 Å². The third-order valence-electron chi connectivity index (χ3n) is 8.26. The van der Waals surface area contributed by atoms with E-state index in [0.29, 0.717) is 11.9 Å². The van der Waals surface area contributed by atoms with Gasteiger partial charge in [0.15, 0.2) is 0 Å². The Labute approximate surface area is 180 Å². The minimum Gasteiger partial charge on any atom is -0.341 e. The fraction of sp³-hybridized carbons (Fsp3) is 0.708. The molecule has 1 unspecified atom stereocenters. The van der Waals surface area contributed by atoms with Crippen LogP contribution in [0.25, 0.3) is 0 Å². The minimum atomic E-state index is -0.104. The van der Waals surface area contributed by atoms with Crippen molar-refractivity contribution in [1.82, 2.24) is 9.80 Å². The number of carbonyl (C=O) groups is 1. The van der Waals surface area contributed by atoms with Crippen LogP contribution in [0.5, 0.6) is 0 Å². The monoisotopic (exact) mass is 420 g/mol. The van der Waals surface area contributed by atoms with Gasteiger partial charge in [-0.2, -0.15) is 0 Å². The van der Waals surface area contributed by atoms with Crippen molar-refractivity contribution >= 4 is 18.3 Å². The molecule has 160 valence electrons. The molecule has 1 amide bonds. The van der Waals surface area contributed by atoms with Crippen LogP contribution < -0.4 is 0 Å². The lowest BCUT2D eigenvalue weighted by molar-refractivity contribution is -0.158. The highest BCUT2D eigenvalue weighted by Gasteiger charge is 2.55. The van der Waals surface area contributed by atoms with Crippen LogP contribution in [0.2, 0.25) is 0 Å². The summed E-state index contributed by atoms with van der Waals surface area (Å²) in [4.78, 5) is 18.1. The summed E-state index contributed by atoms with van der Waals surface area (Å²) in [7, 11) is 2.05. The van der Waals surface area contributed by atoms with Crippen molar-refractivity contribution < 1.29 is 9.18 Å². The number of rotatable bonds is 5. The standard InChI is InChI=1S/C24H33FN2O.ClH/c1-26(23(28)24-13-17-10-18(14-24)12-19(11-17)15-24)21-7-9-27(16-21)8-6-20-4-2-3-5-22(20)25;/h2-5,17-19,21H,6-16H2,1H3;1H. The van der Waals surface area contributed by atoms with Crippen molar-refractivity contribution in [2.24, 2.45) is 23.2 Å². The van der Waals surface area contributed by atoms with Crippen molar-refractivity contribution in [2.75, 3.05) is 26.7 Å². The molecule has 0 spiro atoms. The zero-order valence-electron chi connectivity index (χ0n) is 17.5. The summed E-state index contributed by atoms with van der Waals surface area (Å²) in [6, 6.07) is 7.39. The minimum absolute atomic E-state index is 0. The lowest BCUT2D eigenvalue weighted by Gasteiger charge is -2.56. The first-order chi connectivity index (χ1) is 13.5. The van der Waals surface area contributed by atoms with E-state index in [1.807, 2.05) is 19.2 Å². The SMILES string of the molecule is CN(C(=O)C12CC3CC(CC(C3)C1)C2)C1CCN(CCc2ccccc2F)C1.Cl. The summed E-state index contributed by atoms with van der Waals surface area (Å²) < 4.78 is 13.9. The topological polar surface area (TPSA) is 23.6 Å². The lowest BCUT2D eigenvalue weighted by atomic mass is 9.49. The highest BCUT2D eigenvalue weighted by Crippen LogP contribution is 2.60. The van der Waals surface area contributed by atoms with E-state index in [1.54, 1.807) is 12.1 Å². The maximum Gasteiger partial charge on any atom is 0.228 e. The van der Waals surface area contributed by atoms with Crippen LogP contribution in [-0.4, -0.2) is 48.4 Å². The average Bonchev–Trinajstić information content (AvgIpc) is 3.14. The van der Waals surface area contributed by atoms with Gasteiger partial charge in [-0.25, -0.2) is 4.39 Å². The van der Waals surface area contributed by atoms with Crippen LogP contribution >= 0.6 is 12.4 Å². The van der Waals surface area contributed by atoms with Gasteiger partial charge in [0.2, 0.25) is 5.91 Å². The summed E-state index contributed by atoms with van der Waals surface area (Å²) in [6.45, 7) is 2.82. The Kier molecular flexibility index (Phi) is 5.96. The molecule has 0 aromatic heterocycles. The van der Waals surface area contributed by atoms with E-state index in [0.717, 1.165) is 75.1 Å². The average molecular weight is 421 g/mol. The van der Waals surface area contributed by atoms with E-state index in [9.17, 15) is 9.18 Å². The largest absolute Gasteiger partial charge is 0.341 e. The van der Waals surface area contributed by atoms with Crippen LogP contribution in [0.1, 0.15) is 50.5 Å². The molecule has 4 saturated carbocycles. The summed E-state index contributed by atoms with van der Waals surface area (Å²) >= 11 is 0. The molecule has 4 bridgehead atoms. The maximum atomic E-state index is 13.9. The van der Waals surface area contributed by atoms with Crippen molar-refractivity contribution in [3.63, 3.8) is 0 Å². The van der Waals surface area contributed by atoms with E-state index in [1.165, 1.54) is 19.3 Å². The fourth-order valence-corrected chi connectivity index (χ4v) is 7.22. The number of hydrogen-bond acceptors (Lipinski definition) is 2. The smallest absolute Gasteiger partial charge is 0.228 e. The molecule has 0 radical (unpaired) electrons. The quantitative estimate of drug-likeness (QED) is 0.698. The van der Waals surface area contributed by atoms with E-state index in [-0.39, 0.29) is 23.6 Å². The van der Waals surface area contributed by atoms with Gasteiger partial charge in [0.05, 0.1) is 5.41 Å². The Morgan fingerprint density at radius 3 is 2.38 bits per heavy atom.